The molecule has 0 aromatic heterocycles. The standard InChI is InChI=1S/C16H9ClO6/c1-23-10-4-8-12(16(22)13(10)17)15(21)11-7(14(8)20)2-6(5-18)3-9(11)19/h2-5,19,22H,1H3. The minimum Gasteiger partial charge on any atom is -0.507 e. The summed E-state index contributed by atoms with van der Waals surface area (Å²) in [5.74, 6) is -2.46. The number of rotatable bonds is 2. The first kappa shape index (κ1) is 15.1. The molecule has 2 aromatic carbocycles. The monoisotopic (exact) mass is 332 g/mol. The number of carbonyl (C=O) groups excluding carboxylic acids is 3. The lowest BCUT2D eigenvalue weighted by molar-refractivity contribution is 0.0973. The van der Waals surface area contributed by atoms with Gasteiger partial charge in [-0.2, -0.15) is 0 Å². The molecular weight excluding hydrogens is 324 g/mol. The second-order valence-corrected chi connectivity index (χ2v) is 5.28. The fourth-order valence-electron chi connectivity index (χ4n) is 2.58. The Morgan fingerprint density at radius 1 is 1.04 bits per heavy atom. The molecule has 0 spiro atoms. The van der Waals surface area contributed by atoms with E-state index in [1.54, 1.807) is 0 Å². The SMILES string of the molecule is COc1cc2c(c(O)c1Cl)C(=O)c1c(O)cc(C=O)cc1C2=O. The maximum atomic E-state index is 12.6. The number of ketones is 2. The van der Waals surface area contributed by atoms with E-state index in [-0.39, 0.29) is 38.6 Å². The smallest absolute Gasteiger partial charge is 0.202 e. The fraction of sp³-hybridized carbons (Fsp3) is 0.0625. The van der Waals surface area contributed by atoms with Gasteiger partial charge in [0.15, 0.2) is 5.78 Å². The number of methoxy groups -OCH3 is 1. The van der Waals surface area contributed by atoms with Crippen LogP contribution in [0.2, 0.25) is 5.02 Å². The highest BCUT2D eigenvalue weighted by Crippen LogP contribution is 2.44. The number of aldehydes is 1. The first-order chi connectivity index (χ1) is 10.9. The Balaban J connectivity index is 2.38. The van der Waals surface area contributed by atoms with Crippen LogP contribution in [0.15, 0.2) is 18.2 Å². The van der Waals surface area contributed by atoms with Crippen molar-refractivity contribution in [3.05, 3.63) is 51.0 Å². The number of carbonyl (C=O) groups is 3. The van der Waals surface area contributed by atoms with Gasteiger partial charge in [-0.1, -0.05) is 11.6 Å². The summed E-state index contributed by atoms with van der Waals surface area (Å²) >= 11 is 5.91. The van der Waals surface area contributed by atoms with Gasteiger partial charge in [0.05, 0.1) is 18.2 Å². The maximum absolute atomic E-state index is 12.6. The van der Waals surface area contributed by atoms with Crippen molar-refractivity contribution < 1.29 is 29.3 Å². The molecule has 0 unspecified atom stereocenters. The van der Waals surface area contributed by atoms with Crippen LogP contribution in [0.25, 0.3) is 0 Å². The Hall–Kier alpha value is -2.86. The van der Waals surface area contributed by atoms with Crippen LogP contribution in [0.1, 0.15) is 42.2 Å². The molecule has 0 radical (unpaired) electrons. The van der Waals surface area contributed by atoms with Crippen molar-refractivity contribution >= 4 is 29.5 Å². The highest BCUT2D eigenvalue weighted by molar-refractivity contribution is 6.37. The average molecular weight is 333 g/mol. The third-order valence-electron chi connectivity index (χ3n) is 3.65. The largest absolute Gasteiger partial charge is 0.507 e. The third-order valence-corrected chi connectivity index (χ3v) is 4.01. The molecule has 23 heavy (non-hydrogen) atoms. The average Bonchev–Trinajstić information content (AvgIpc) is 2.54. The zero-order chi connectivity index (χ0) is 16.9. The molecular formula is C16H9ClO6. The molecule has 3 rings (SSSR count). The Kier molecular flexibility index (Phi) is 3.34. The molecule has 0 heterocycles. The quantitative estimate of drug-likeness (QED) is 0.699. The molecule has 0 bridgehead atoms. The van der Waals surface area contributed by atoms with Gasteiger partial charge in [0.25, 0.3) is 0 Å². The minimum atomic E-state index is -0.758. The summed E-state index contributed by atoms with van der Waals surface area (Å²) in [7, 11) is 1.30. The summed E-state index contributed by atoms with van der Waals surface area (Å²) in [5, 5.41) is 19.9. The number of phenols is 2. The van der Waals surface area contributed by atoms with Crippen molar-refractivity contribution in [2.75, 3.05) is 7.11 Å². The van der Waals surface area contributed by atoms with Crippen LogP contribution in [0, 0.1) is 0 Å². The number of hydrogen-bond donors (Lipinski definition) is 2. The van der Waals surface area contributed by atoms with Crippen LogP contribution in [-0.2, 0) is 0 Å². The molecule has 0 atom stereocenters. The molecule has 0 saturated heterocycles. The molecule has 6 nitrogen and oxygen atoms in total. The van der Waals surface area contributed by atoms with Gasteiger partial charge in [0.2, 0.25) is 5.78 Å². The van der Waals surface area contributed by atoms with Gasteiger partial charge in [0.1, 0.15) is 28.6 Å². The number of halogens is 1. The third kappa shape index (κ3) is 1.99. The lowest BCUT2D eigenvalue weighted by atomic mass is 9.82. The molecule has 0 saturated carbocycles. The van der Waals surface area contributed by atoms with Gasteiger partial charge in [-0.05, 0) is 18.2 Å². The number of hydrogen-bond acceptors (Lipinski definition) is 6. The highest BCUT2D eigenvalue weighted by Gasteiger charge is 2.36. The summed E-state index contributed by atoms with van der Waals surface area (Å²) in [5.41, 5.74) is -0.750. The topological polar surface area (TPSA) is 101 Å². The number of phenolic OH excluding ortho intramolecular Hbond substituents is 2. The van der Waals surface area contributed by atoms with E-state index in [1.165, 1.54) is 19.2 Å². The van der Waals surface area contributed by atoms with Crippen molar-refractivity contribution in [2.45, 2.75) is 0 Å². The Labute approximate surface area is 134 Å². The van der Waals surface area contributed by atoms with Gasteiger partial charge < -0.3 is 14.9 Å². The number of aromatic hydroxyl groups is 2. The Morgan fingerprint density at radius 3 is 2.30 bits per heavy atom. The van der Waals surface area contributed by atoms with Crippen LogP contribution < -0.4 is 4.74 Å². The van der Waals surface area contributed by atoms with E-state index >= 15 is 0 Å². The van der Waals surface area contributed by atoms with E-state index in [0.29, 0.717) is 6.29 Å². The first-order valence-corrected chi connectivity index (χ1v) is 6.79. The minimum absolute atomic E-state index is 0.0308. The normalized spacial score (nSPS) is 12.6. The lowest BCUT2D eigenvalue weighted by Crippen LogP contribution is -2.22. The molecule has 0 aliphatic heterocycles. The molecule has 0 fully saturated rings. The van der Waals surface area contributed by atoms with Crippen molar-refractivity contribution in [3.63, 3.8) is 0 Å². The highest BCUT2D eigenvalue weighted by atomic mass is 35.5. The van der Waals surface area contributed by atoms with Crippen LogP contribution in [0.5, 0.6) is 17.2 Å². The predicted octanol–water partition coefficient (Wildman–Crippen LogP) is 2.35. The Morgan fingerprint density at radius 2 is 1.70 bits per heavy atom. The zero-order valence-corrected chi connectivity index (χ0v) is 12.5. The predicted molar refractivity (Wildman–Crippen MR) is 80.0 cm³/mol. The van der Waals surface area contributed by atoms with Crippen LogP contribution in [-0.4, -0.2) is 35.2 Å². The summed E-state index contributed by atoms with van der Waals surface area (Å²) in [6, 6.07) is 3.53. The number of fused-ring (bicyclic) bond motifs is 2. The van der Waals surface area contributed by atoms with Crippen LogP contribution >= 0.6 is 11.6 Å². The second-order valence-electron chi connectivity index (χ2n) is 4.90. The fourth-order valence-corrected chi connectivity index (χ4v) is 2.81. The van der Waals surface area contributed by atoms with Crippen LogP contribution in [0.3, 0.4) is 0 Å². The summed E-state index contributed by atoms with van der Waals surface area (Å²) in [6.07, 6.45) is 0.452. The van der Waals surface area contributed by atoms with Gasteiger partial charge in [0, 0.05) is 16.7 Å². The number of benzene rings is 2. The van der Waals surface area contributed by atoms with E-state index in [0.717, 1.165) is 6.07 Å². The molecule has 0 amide bonds. The van der Waals surface area contributed by atoms with Gasteiger partial charge in [-0.3, -0.25) is 14.4 Å². The molecule has 116 valence electrons. The first-order valence-electron chi connectivity index (χ1n) is 6.41. The molecule has 1 aliphatic carbocycles. The summed E-state index contributed by atoms with van der Waals surface area (Å²) in [6.45, 7) is 0. The van der Waals surface area contributed by atoms with Crippen molar-refractivity contribution in [2.24, 2.45) is 0 Å². The van der Waals surface area contributed by atoms with E-state index < -0.39 is 23.1 Å². The zero-order valence-electron chi connectivity index (χ0n) is 11.7. The van der Waals surface area contributed by atoms with Gasteiger partial charge >= 0.3 is 0 Å². The molecule has 2 N–H and O–H groups in total. The van der Waals surface area contributed by atoms with Crippen molar-refractivity contribution in [1.82, 2.24) is 0 Å². The summed E-state index contributed by atoms with van der Waals surface area (Å²) < 4.78 is 4.97. The van der Waals surface area contributed by atoms with Crippen LogP contribution in [0.4, 0.5) is 0 Å². The van der Waals surface area contributed by atoms with E-state index in [9.17, 15) is 24.6 Å². The lowest BCUT2D eigenvalue weighted by Gasteiger charge is -2.21. The molecule has 2 aromatic rings. The van der Waals surface area contributed by atoms with Gasteiger partial charge in [-0.25, -0.2) is 0 Å². The Bertz CT molecular complexity index is 900. The van der Waals surface area contributed by atoms with E-state index in [4.69, 9.17) is 16.3 Å². The maximum Gasteiger partial charge on any atom is 0.202 e. The second kappa shape index (κ2) is 5.10. The number of ether oxygens (including phenoxy) is 1. The molecule has 7 heteroatoms. The van der Waals surface area contributed by atoms with Crippen molar-refractivity contribution in [3.8, 4) is 17.2 Å². The molecule has 1 aliphatic rings. The van der Waals surface area contributed by atoms with E-state index in [1.807, 2.05) is 0 Å². The van der Waals surface area contributed by atoms with E-state index in [2.05, 4.69) is 0 Å². The van der Waals surface area contributed by atoms with Gasteiger partial charge in [-0.15, -0.1) is 0 Å². The summed E-state index contributed by atoms with van der Waals surface area (Å²) in [4.78, 5) is 36.1. The van der Waals surface area contributed by atoms with Crippen molar-refractivity contribution in [1.29, 1.82) is 0 Å².